The molecule has 30 heavy (non-hydrogen) atoms. The van der Waals surface area contributed by atoms with E-state index >= 15 is 0 Å². The van der Waals surface area contributed by atoms with E-state index in [4.69, 9.17) is 9.47 Å². The number of carbonyl (C=O) groups is 1. The van der Waals surface area contributed by atoms with Crippen LogP contribution in [-0.2, 0) is 16.5 Å². The van der Waals surface area contributed by atoms with Gasteiger partial charge in [-0.25, -0.2) is 4.79 Å². The van der Waals surface area contributed by atoms with E-state index in [2.05, 4.69) is 34.8 Å². The van der Waals surface area contributed by atoms with Crippen molar-refractivity contribution in [2.75, 3.05) is 14.2 Å². The number of hydrogen-bond acceptors (Lipinski definition) is 4. The maximum atomic E-state index is 12.7. The molecule has 0 radical (unpaired) electrons. The van der Waals surface area contributed by atoms with Gasteiger partial charge in [0.05, 0.1) is 25.0 Å². The molecule has 1 aliphatic carbocycles. The Hall–Kier alpha value is -2.60. The van der Waals surface area contributed by atoms with Gasteiger partial charge in [0.15, 0.2) is 0 Å². The number of aryl methyl sites for hydroxylation is 1. The summed E-state index contributed by atoms with van der Waals surface area (Å²) < 4.78 is 14.8. The quantitative estimate of drug-likeness (QED) is 0.562. The molecule has 6 nitrogen and oxygen atoms in total. The fourth-order valence-corrected chi connectivity index (χ4v) is 5.09. The van der Waals surface area contributed by atoms with Crippen molar-refractivity contribution in [1.29, 1.82) is 0 Å². The van der Waals surface area contributed by atoms with E-state index in [0.717, 1.165) is 53.4 Å². The molecule has 0 bridgehead atoms. The van der Waals surface area contributed by atoms with Crippen LogP contribution in [0.15, 0.2) is 30.6 Å². The molecule has 1 fully saturated rings. The summed E-state index contributed by atoms with van der Waals surface area (Å²) in [6, 6.07) is 6.64. The van der Waals surface area contributed by atoms with Crippen molar-refractivity contribution in [3.05, 3.63) is 41.9 Å². The number of ether oxygens (including phenoxy) is 2. The molecule has 0 aliphatic heterocycles. The average Bonchev–Trinajstić information content (AvgIpc) is 3.32. The van der Waals surface area contributed by atoms with Crippen LogP contribution in [0.5, 0.6) is 0 Å². The van der Waals surface area contributed by atoms with Gasteiger partial charge in [0, 0.05) is 48.6 Å². The molecule has 0 saturated heterocycles. The van der Waals surface area contributed by atoms with Gasteiger partial charge in [-0.2, -0.15) is 5.10 Å². The van der Waals surface area contributed by atoms with Crippen molar-refractivity contribution in [2.24, 2.45) is 13.0 Å². The van der Waals surface area contributed by atoms with Gasteiger partial charge in [0.2, 0.25) is 0 Å². The number of aromatic nitrogens is 3. The molecule has 0 N–H and O–H groups in total. The summed E-state index contributed by atoms with van der Waals surface area (Å²) in [7, 11) is 5.16. The zero-order valence-corrected chi connectivity index (χ0v) is 18.5. The minimum absolute atomic E-state index is 0.283. The SMILES string of the molecule is COC(=O)c1c(C)n([C@H](C)C2CCC(OC)CC2)c2ccc(-c3cnn(C)c3)cc12. The van der Waals surface area contributed by atoms with Gasteiger partial charge in [0.25, 0.3) is 0 Å². The van der Waals surface area contributed by atoms with Gasteiger partial charge in [-0.15, -0.1) is 0 Å². The molecule has 6 heteroatoms. The highest BCUT2D eigenvalue weighted by atomic mass is 16.5. The molecule has 0 spiro atoms. The highest BCUT2D eigenvalue weighted by Crippen LogP contribution is 2.39. The van der Waals surface area contributed by atoms with Crippen LogP contribution in [0.25, 0.3) is 22.0 Å². The van der Waals surface area contributed by atoms with Gasteiger partial charge in [-0.1, -0.05) is 6.07 Å². The van der Waals surface area contributed by atoms with Gasteiger partial charge < -0.3 is 14.0 Å². The second-order valence-electron chi connectivity index (χ2n) is 8.47. The largest absolute Gasteiger partial charge is 0.465 e. The molecule has 1 aromatic carbocycles. The van der Waals surface area contributed by atoms with Crippen LogP contribution in [0.4, 0.5) is 0 Å². The molecule has 3 aromatic rings. The Morgan fingerprint density at radius 1 is 1.17 bits per heavy atom. The summed E-state index contributed by atoms with van der Waals surface area (Å²) in [6.45, 7) is 4.31. The average molecular weight is 410 g/mol. The van der Waals surface area contributed by atoms with Crippen molar-refractivity contribution < 1.29 is 14.3 Å². The molecule has 1 aliphatic rings. The van der Waals surface area contributed by atoms with E-state index in [1.165, 1.54) is 7.11 Å². The van der Waals surface area contributed by atoms with Crippen molar-refractivity contribution in [3.8, 4) is 11.1 Å². The molecule has 0 amide bonds. The van der Waals surface area contributed by atoms with Gasteiger partial charge >= 0.3 is 5.97 Å². The summed E-state index contributed by atoms with van der Waals surface area (Å²) in [5, 5.41) is 5.22. The first-order valence-corrected chi connectivity index (χ1v) is 10.7. The van der Waals surface area contributed by atoms with Crippen LogP contribution >= 0.6 is 0 Å². The highest BCUT2D eigenvalue weighted by molar-refractivity contribution is 6.07. The minimum atomic E-state index is -0.283. The Balaban J connectivity index is 1.80. The lowest BCUT2D eigenvalue weighted by Crippen LogP contribution is -2.26. The predicted molar refractivity (Wildman–Crippen MR) is 118 cm³/mol. The molecular weight excluding hydrogens is 378 g/mol. The first kappa shape index (κ1) is 20.7. The van der Waals surface area contributed by atoms with Crippen molar-refractivity contribution in [1.82, 2.24) is 14.3 Å². The standard InChI is InChI=1S/C24H31N3O3/c1-15(17-6-9-20(29-4)10-7-17)27-16(2)23(24(28)30-5)21-12-18(8-11-22(21)27)19-13-25-26(3)14-19/h8,11-15,17,20H,6-7,9-10H2,1-5H3/t15-,17?,20?/m1/s1. The minimum Gasteiger partial charge on any atom is -0.465 e. The number of fused-ring (bicyclic) bond motifs is 1. The van der Waals surface area contributed by atoms with Gasteiger partial charge in [-0.3, -0.25) is 4.68 Å². The maximum absolute atomic E-state index is 12.7. The third-order valence-corrected chi connectivity index (χ3v) is 6.82. The summed E-state index contributed by atoms with van der Waals surface area (Å²) in [5.41, 5.74) is 4.80. The molecule has 1 atom stereocenters. The second kappa shape index (κ2) is 8.26. The lowest BCUT2D eigenvalue weighted by Gasteiger charge is -2.33. The molecule has 0 unspecified atom stereocenters. The Labute approximate surface area is 177 Å². The lowest BCUT2D eigenvalue weighted by molar-refractivity contribution is 0.0491. The number of rotatable bonds is 5. The third-order valence-electron chi connectivity index (χ3n) is 6.82. The first-order valence-electron chi connectivity index (χ1n) is 10.7. The van der Waals surface area contributed by atoms with E-state index in [0.29, 0.717) is 23.6 Å². The summed E-state index contributed by atoms with van der Waals surface area (Å²) >= 11 is 0. The predicted octanol–water partition coefficient (Wildman–Crippen LogP) is 4.90. The Morgan fingerprint density at radius 3 is 2.50 bits per heavy atom. The zero-order chi connectivity index (χ0) is 21.4. The molecule has 1 saturated carbocycles. The number of carbonyl (C=O) groups excluding carboxylic acids is 1. The van der Waals surface area contributed by atoms with Crippen LogP contribution in [0.1, 0.15) is 54.7 Å². The molecule has 4 rings (SSSR count). The molecule has 160 valence electrons. The van der Waals surface area contributed by atoms with E-state index in [-0.39, 0.29) is 5.97 Å². The monoisotopic (exact) mass is 409 g/mol. The van der Waals surface area contributed by atoms with Crippen LogP contribution in [0, 0.1) is 12.8 Å². The number of benzene rings is 1. The van der Waals surface area contributed by atoms with Crippen LogP contribution in [0.2, 0.25) is 0 Å². The highest BCUT2D eigenvalue weighted by Gasteiger charge is 2.30. The number of esters is 1. The second-order valence-corrected chi connectivity index (χ2v) is 8.47. The fraction of sp³-hybridized carbons (Fsp3) is 0.500. The van der Waals surface area contributed by atoms with E-state index in [1.54, 1.807) is 11.8 Å². The topological polar surface area (TPSA) is 58.3 Å². The number of nitrogens with zero attached hydrogens (tertiary/aromatic N) is 3. The molecule has 2 aromatic heterocycles. The summed E-state index contributed by atoms with van der Waals surface area (Å²) in [5.74, 6) is 0.282. The molecule has 2 heterocycles. The summed E-state index contributed by atoms with van der Waals surface area (Å²) in [6.07, 6.45) is 8.68. The van der Waals surface area contributed by atoms with E-state index in [1.807, 2.05) is 26.4 Å². The van der Waals surface area contributed by atoms with Crippen molar-refractivity contribution in [2.45, 2.75) is 51.7 Å². The molecular formula is C24H31N3O3. The van der Waals surface area contributed by atoms with E-state index < -0.39 is 0 Å². The van der Waals surface area contributed by atoms with Crippen molar-refractivity contribution in [3.63, 3.8) is 0 Å². The number of methoxy groups -OCH3 is 2. The van der Waals surface area contributed by atoms with Crippen molar-refractivity contribution >= 4 is 16.9 Å². The third kappa shape index (κ3) is 3.54. The fourth-order valence-electron chi connectivity index (χ4n) is 5.09. The van der Waals surface area contributed by atoms with Gasteiger partial charge in [0.1, 0.15) is 0 Å². The number of hydrogen-bond donors (Lipinski definition) is 0. The van der Waals surface area contributed by atoms with Gasteiger partial charge in [-0.05, 0) is 63.1 Å². The van der Waals surface area contributed by atoms with Crippen LogP contribution in [-0.4, -0.2) is 40.6 Å². The first-order chi connectivity index (χ1) is 14.4. The maximum Gasteiger partial charge on any atom is 0.340 e. The Bertz CT molecular complexity index is 1060. The normalized spacial score (nSPS) is 20.4. The lowest BCUT2D eigenvalue weighted by atomic mass is 9.83. The van der Waals surface area contributed by atoms with Crippen LogP contribution < -0.4 is 0 Å². The Kier molecular flexibility index (Phi) is 5.69. The smallest absolute Gasteiger partial charge is 0.340 e. The van der Waals surface area contributed by atoms with E-state index in [9.17, 15) is 4.79 Å². The van der Waals surface area contributed by atoms with Crippen LogP contribution in [0.3, 0.4) is 0 Å². The Morgan fingerprint density at radius 2 is 1.90 bits per heavy atom. The summed E-state index contributed by atoms with van der Waals surface area (Å²) in [4.78, 5) is 12.7. The zero-order valence-electron chi connectivity index (χ0n) is 18.5.